The van der Waals surface area contributed by atoms with Crippen molar-refractivity contribution >= 4 is 24.3 Å². The Morgan fingerprint density at radius 1 is 1.18 bits per heavy atom. The van der Waals surface area contributed by atoms with Crippen molar-refractivity contribution < 1.29 is 18.5 Å². The Bertz CT molecular complexity index is 1150. The Labute approximate surface area is 193 Å². The van der Waals surface area contributed by atoms with Gasteiger partial charge in [-0.3, -0.25) is 9.59 Å². The summed E-state index contributed by atoms with van der Waals surface area (Å²) in [4.78, 5) is 26.3. The second-order valence-corrected chi connectivity index (χ2v) is 13.2. The maximum atomic E-state index is 14.8. The van der Waals surface area contributed by atoms with E-state index in [9.17, 15) is 18.5 Å². The first kappa shape index (κ1) is 23.5. The highest BCUT2D eigenvalue weighted by Crippen LogP contribution is 2.47. The summed E-state index contributed by atoms with van der Waals surface area (Å²) in [6.07, 6.45) is 8.66. The third-order valence-corrected chi connectivity index (χ3v) is 9.28. The molecular formula is C25H29FN3O3P. The molecule has 6 nitrogen and oxygen atoms in total. The monoisotopic (exact) mass is 469 g/mol. The van der Waals surface area contributed by atoms with Crippen LogP contribution in [-0.2, 0) is 20.6 Å². The van der Waals surface area contributed by atoms with Crippen LogP contribution in [0.3, 0.4) is 0 Å². The Morgan fingerprint density at radius 2 is 1.91 bits per heavy atom. The summed E-state index contributed by atoms with van der Waals surface area (Å²) in [6.45, 7) is 6.79. The van der Waals surface area contributed by atoms with Crippen LogP contribution in [0, 0.1) is 17.2 Å². The van der Waals surface area contributed by atoms with Gasteiger partial charge < -0.3 is 9.46 Å². The van der Waals surface area contributed by atoms with E-state index in [1.807, 2.05) is 39.0 Å². The maximum Gasteiger partial charge on any atom is 0.275 e. The minimum atomic E-state index is -2.97. The summed E-state index contributed by atoms with van der Waals surface area (Å²) in [5, 5.41) is 8.10. The number of halogens is 1. The van der Waals surface area contributed by atoms with E-state index in [0.29, 0.717) is 31.6 Å². The van der Waals surface area contributed by atoms with Gasteiger partial charge in [-0.25, -0.2) is 4.39 Å². The lowest BCUT2D eigenvalue weighted by molar-refractivity contribution is -0.132. The molecule has 1 fully saturated rings. The quantitative estimate of drug-likeness (QED) is 0.604. The van der Waals surface area contributed by atoms with Gasteiger partial charge in [0.1, 0.15) is 13.0 Å². The van der Waals surface area contributed by atoms with Crippen LogP contribution in [0.5, 0.6) is 0 Å². The van der Waals surface area contributed by atoms with E-state index in [0.717, 1.165) is 11.1 Å². The lowest BCUT2D eigenvalue weighted by Crippen LogP contribution is -2.42. The van der Waals surface area contributed by atoms with Crippen LogP contribution >= 0.6 is 7.14 Å². The smallest absolute Gasteiger partial charge is 0.275 e. The molecule has 0 bridgehead atoms. The summed E-state index contributed by atoms with van der Waals surface area (Å²) in [6, 6.07) is 4.68. The summed E-state index contributed by atoms with van der Waals surface area (Å²) < 4.78 is 28.5. The van der Waals surface area contributed by atoms with E-state index in [1.165, 1.54) is 6.07 Å². The molecule has 0 spiro atoms. The van der Waals surface area contributed by atoms with Crippen molar-refractivity contribution in [1.82, 2.24) is 4.90 Å². The van der Waals surface area contributed by atoms with Gasteiger partial charge in [-0.2, -0.15) is 5.11 Å². The molecule has 1 aromatic carbocycles. The molecule has 0 radical (unpaired) electrons. The number of nitrogens with zero attached hydrogens (tertiary/aromatic N) is 3. The van der Waals surface area contributed by atoms with Crippen LogP contribution in [0.15, 0.2) is 64.0 Å². The molecule has 1 aliphatic carbocycles. The van der Waals surface area contributed by atoms with E-state index in [4.69, 9.17) is 0 Å². The predicted octanol–water partition coefficient (Wildman–Crippen LogP) is 4.62. The van der Waals surface area contributed by atoms with Crippen molar-refractivity contribution in [3.63, 3.8) is 0 Å². The SMILES string of the molecule is CC(C)(C)CC(=O)N1CCP(=O)(c2cc(CC3=C4C=CC=CC4C(=O)N=N3)ccc2F)CC1. The standard InChI is InChI=1S/C25H29FN3O3P/c1-25(2,3)16-23(30)29-10-12-33(32,13-11-29)22-15-17(8-9-20(22)26)14-21-18-6-4-5-7-19(18)24(31)28-27-21/h4-9,15,19H,10-14,16H2,1-3H3. The number of carbonyl (C=O) groups excluding carboxylic acids is 2. The van der Waals surface area contributed by atoms with Gasteiger partial charge in [-0.05, 0) is 28.7 Å². The largest absolute Gasteiger partial charge is 0.342 e. The molecule has 3 aliphatic rings. The van der Waals surface area contributed by atoms with Crippen LogP contribution in [0.4, 0.5) is 4.39 Å². The van der Waals surface area contributed by atoms with Crippen LogP contribution in [0.25, 0.3) is 0 Å². The molecule has 1 unspecified atom stereocenters. The van der Waals surface area contributed by atoms with Crippen LogP contribution < -0.4 is 5.30 Å². The number of rotatable bonds is 4. The number of amides is 2. The number of carbonyl (C=O) groups is 2. The molecule has 4 rings (SSSR count). The fourth-order valence-corrected chi connectivity index (χ4v) is 7.12. The van der Waals surface area contributed by atoms with E-state index in [1.54, 1.807) is 23.1 Å². The predicted molar refractivity (Wildman–Crippen MR) is 126 cm³/mol. The first-order valence-electron chi connectivity index (χ1n) is 11.2. The number of hydrogen-bond acceptors (Lipinski definition) is 4. The third-order valence-electron chi connectivity index (χ3n) is 6.21. The number of fused-ring (bicyclic) bond motifs is 1. The molecule has 8 heteroatoms. The first-order chi connectivity index (χ1) is 15.6. The number of hydrogen-bond donors (Lipinski definition) is 0. The second kappa shape index (κ2) is 8.94. The van der Waals surface area contributed by atoms with Crippen molar-refractivity contribution in [3.8, 4) is 0 Å². The normalized spacial score (nSPS) is 22.0. The minimum absolute atomic E-state index is 0.0535. The van der Waals surface area contributed by atoms with Gasteiger partial charge in [0, 0.05) is 43.6 Å². The molecule has 2 heterocycles. The van der Waals surface area contributed by atoms with Crippen LogP contribution in [-0.4, -0.2) is 42.1 Å². The summed E-state index contributed by atoms with van der Waals surface area (Å²) in [7, 11) is -2.97. The molecule has 2 aliphatic heterocycles. The number of azo groups is 1. The van der Waals surface area contributed by atoms with Gasteiger partial charge in [-0.1, -0.05) is 51.1 Å². The minimum Gasteiger partial charge on any atom is -0.342 e. The summed E-state index contributed by atoms with van der Waals surface area (Å²) in [5.41, 5.74) is 2.10. The Hall–Kier alpha value is -2.66. The molecule has 0 N–H and O–H groups in total. The Kier molecular flexibility index (Phi) is 6.37. The third kappa shape index (κ3) is 5.14. The highest BCUT2D eigenvalue weighted by molar-refractivity contribution is 7.71. The zero-order chi connectivity index (χ0) is 23.8. The molecule has 1 aromatic rings. The van der Waals surface area contributed by atoms with Crippen LogP contribution in [0.1, 0.15) is 32.8 Å². The van der Waals surface area contributed by atoms with E-state index in [2.05, 4.69) is 10.2 Å². The maximum absolute atomic E-state index is 14.8. The molecule has 1 saturated heterocycles. The van der Waals surface area contributed by atoms with Crippen molar-refractivity contribution in [2.75, 3.05) is 25.4 Å². The second-order valence-electron chi connectivity index (χ2n) is 10.1. The summed E-state index contributed by atoms with van der Waals surface area (Å²) >= 11 is 0. The van der Waals surface area contributed by atoms with Crippen molar-refractivity contribution in [2.24, 2.45) is 21.6 Å². The molecule has 174 valence electrons. The van der Waals surface area contributed by atoms with Gasteiger partial charge in [0.25, 0.3) is 5.91 Å². The topological polar surface area (TPSA) is 79.2 Å². The average Bonchev–Trinajstić information content (AvgIpc) is 2.76. The number of allylic oxidation sites excluding steroid dienone is 4. The Morgan fingerprint density at radius 3 is 2.61 bits per heavy atom. The van der Waals surface area contributed by atoms with Gasteiger partial charge in [0.05, 0.1) is 11.6 Å². The molecule has 33 heavy (non-hydrogen) atoms. The highest BCUT2D eigenvalue weighted by Gasteiger charge is 2.35. The van der Waals surface area contributed by atoms with Gasteiger partial charge in [0.15, 0.2) is 0 Å². The van der Waals surface area contributed by atoms with Gasteiger partial charge >= 0.3 is 0 Å². The van der Waals surface area contributed by atoms with Crippen molar-refractivity contribution in [1.29, 1.82) is 0 Å². The van der Waals surface area contributed by atoms with Gasteiger partial charge in [-0.15, -0.1) is 5.11 Å². The molecule has 0 aromatic heterocycles. The molecule has 1 atom stereocenters. The lowest BCUT2D eigenvalue weighted by atomic mass is 9.89. The highest BCUT2D eigenvalue weighted by atomic mass is 31.2. The zero-order valence-corrected chi connectivity index (χ0v) is 20.1. The summed E-state index contributed by atoms with van der Waals surface area (Å²) in [5.74, 6) is -1.16. The fraction of sp³-hybridized carbons (Fsp3) is 0.440. The van der Waals surface area contributed by atoms with E-state index < -0.39 is 18.9 Å². The molecular weight excluding hydrogens is 440 g/mol. The lowest BCUT2D eigenvalue weighted by Gasteiger charge is -2.34. The zero-order valence-electron chi connectivity index (χ0n) is 19.3. The first-order valence-corrected chi connectivity index (χ1v) is 13.3. The van der Waals surface area contributed by atoms with Crippen molar-refractivity contribution in [3.05, 3.63) is 65.2 Å². The molecule has 2 amide bonds. The molecule has 0 saturated carbocycles. The Balaban J connectivity index is 1.53. The van der Waals surface area contributed by atoms with E-state index >= 15 is 0 Å². The van der Waals surface area contributed by atoms with E-state index in [-0.39, 0.29) is 34.9 Å². The van der Waals surface area contributed by atoms with Crippen molar-refractivity contribution in [2.45, 2.75) is 33.6 Å². The fourth-order valence-electron chi connectivity index (χ4n) is 4.42. The van der Waals surface area contributed by atoms with Gasteiger partial charge in [0.2, 0.25) is 5.91 Å². The van der Waals surface area contributed by atoms with Crippen LogP contribution in [0.2, 0.25) is 0 Å². The number of benzene rings is 1. The average molecular weight is 469 g/mol.